The summed E-state index contributed by atoms with van der Waals surface area (Å²) in [5.74, 6) is -0.0448. The number of carbonyl (C=O) groups is 1. The van der Waals surface area contributed by atoms with Gasteiger partial charge in [-0.2, -0.15) is 0 Å². The summed E-state index contributed by atoms with van der Waals surface area (Å²) in [7, 11) is 0. The maximum absolute atomic E-state index is 12.1. The molecule has 0 spiro atoms. The molecule has 0 heterocycles. The number of aryl methyl sites for hydroxylation is 2. The van der Waals surface area contributed by atoms with Gasteiger partial charge in [0.15, 0.2) is 6.54 Å². The number of anilines is 1. The van der Waals surface area contributed by atoms with Crippen molar-refractivity contribution < 1.29 is 10.1 Å². The van der Waals surface area contributed by atoms with Crippen molar-refractivity contribution in [3.05, 3.63) is 64.2 Å². The third-order valence-electron chi connectivity index (χ3n) is 3.68. The number of hydrogen-bond acceptors (Lipinski definition) is 1. The van der Waals surface area contributed by atoms with Gasteiger partial charge in [-0.1, -0.05) is 48.0 Å². The van der Waals surface area contributed by atoms with Gasteiger partial charge in [-0.3, -0.25) is 4.79 Å². The van der Waals surface area contributed by atoms with Gasteiger partial charge in [0.2, 0.25) is 0 Å². The molecule has 0 radical (unpaired) electrons. The lowest BCUT2D eigenvalue weighted by Crippen LogP contribution is -2.86. The number of rotatable bonds is 5. The van der Waals surface area contributed by atoms with Crippen LogP contribution in [0.1, 0.15) is 29.7 Å². The van der Waals surface area contributed by atoms with Crippen molar-refractivity contribution in [2.24, 2.45) is 0 Å². The minimum absolute atomic E-state index is 0.0448. The lowest BCUT2D eigenvalue weighted by Gasteiger charge is -2.13. The molecule has 3 N–H and O–H groups in total. The molecule has 2 aromatic carbocycles. The summed E-state index contributed by atoms with van der Waals surface area (Å²) in [6, 6.07) is 14.3. The molecule has 1 atom stereocenters. The van der Waals surface area contributed by atoms with Crippen LogP contribution in [0.3, 0.4) is 0 Å². The highest BCUT2D eigenvalue weighted by atomic mass is 35.5. The minimum atomic E-state index is -0.0448. The van der Waals surface area contributed by atoms with Gasteiger partial charge in [0, 0.05) is 5.56 Å². The number of halogens is 1. The number of carbonyl (C=O) groups excluding carboxylic acids is 1. The highest BCUT2D eigenvalue weighted by Crippen LogP contribution is 2.27. The monoisotopic (exact) mass is 317 g/mol. The van der Waals surface area contributed by atoms with Gasteiger partial charge in [-0.05, 0) is 38.0 Å². The van der Waals surface area contributed by atoms with Crippen LogP contribution in [0.25, 0.3) is 0 Å². The van der Waals surface area contributed by atoms with E-state index in [4.69, 9.17) is 11.6 Å². The van der Waals surface area contributed by atoms with Gasteiger partial charge < -0.3 is 10.6 Å². The van der Waals surface area contributed by atoms with Gasteiger partial charge in [0.1, 0.15) is 6.04 Å². The van der Waals surface area contributed by atoms with Gasteiger partial charge in [-0.15, -0.1) is 0 Å². The van der Waals surface area contributed by atoms with Crippen LogP contribution in [0.4, 0.5) is 5.69 Å². The second kappa shape index (κ2) is 7.43. The molecule has 116 valence electrons. The molecule has 0 unspecified atom stereocenters. The van der Waals surface area contributed by atoms with Crippen LogP contribution in [-0.4, -0.2) is 12.5 Å². The standard InChI is InChI=1S/C18H21ClN2O/c1-12-9-13(2)18(16(19)10-12)21-17(22)11-20-14(3)15-7-5-4-6-8-15/h4-10,14,20H,11H2,1-3H3,(H,21,22)/p+1/t14-/m0/s1. The van der Waals surface area contributed by atoms with E-state index in [0.29, 0.717) is 17.3 Å². The zero-order chi connectivity index (χ0) is 16.1. The predicted octanol–water partition coefficient (Wildman–Crippen LogP) is 3.22. The van der Waals surface area contributed by atoms with Gasteiger partial charge in [-0.25, -0.2) is 0 Å². The Balaban J connectivity index is 1.94. The number of benzene rings is 2. The first-order valence-corrected chi connectivity index (χ1v) is 7.80. The summed E-state index contributed by atoms with van der Waals surface area (Å²) in [5.41, 5.74) is 3.98. The zero-order valence-electron chi connectivity index (χ0n) is 13.2. The summed E-state index contributed by atoms with van der Waals surface area (Å²) in [6.07, 6.45) is 0. The summed E-state index contributed by atoms with van der Waals surface area (Å²) in [4.78, 5) is 12.1. The van der Waals surface area contributed by atoms with Crippen LogP contribution in [-0.2, 0) is 4.79 Å². The summed E-state index contributed by atoms with van der Waals surface area (Å²) in [6.45, 7) is 6.39. The largest absolute Gasteiger partial charge is 0.333 e. The van der Waals surface area contributed by atoms with Crippen LogP contribution in [0.2, 0.25) is 5.02 Å². The van der Waals surface area contributed by atoms with Crippen LogP contribution < -0.4 is 10.6 Å². The Morgan fingerprint density at radius 1 is 1.23 bits per heavy atom. The van der Waals surface area contributed by atoms with Gasteiger partial charge in [0.25, 0.3) is 5.91 Å². The fourth-order valence-electron chi connectivity index (χ4n) is 2.44. The third-order valence-corrected chi connectivity index (χ3v) is 3.98. The molecule has 0 aliphatic carbocycles. The Morgan fingerprint density at radius 3 is 2.55 bits per heavy atom. The molecule has 0 fully saturated rings. The van der Waals surface area contributed by atoms with Crippen molar-refractivity contribution in [1.29, 1.82) is 0 Å². The van der Waals surface area contributed by atoms with E-state index in [9.17, 15) is 4.79 Å². The van der Waals surface area contributed by atoms with Crippen LogP contribution in [0.5, 0.6) is 0 Å². The smallest absolute Gasteiger partial charge is 0.279 e. The average molecular weight is 318 g/mol. The quantitative estimate of drug-likeness (QED) is 0.874. The lowest BCUT2D eigenvalue weighted by atomic mass is 10.1. The SMILES string of the molecule is Cc1cc(C)c(NC(=O)C[NH2+][C@@H](C)c2ccccc2)c(Cl)c1. The molecular weight excluding hydrogens is 296 g/mol. The van der Waals surface area contributed by atoms with E-state index in [2.05, 4.69) is 24.4 Å². The Labute approximate surface area is 136 Å². The number of nitrogens with two attached hydrogens (primary N) is 1. The third kappa shape index (κ3) is 4.33. The molecule has 0 saturated heterocycles. The maximum atomic E-state index is 12.1. The van der Waals surface area contributed by atoms with Crippen LogP contribution >= 0.6 is 11.6 Å². The highest BCUT2D eigenvalue weighted by molar-refractivity contribution is 6.34. The molecule has 2 aromatic rings. The summed E-state index contributed by atoms with van der Waals surface area (Å²) >= 11 is 6.21. The van der Waals surface area contributed by atoms with Crippen molar-refractivity contribution in [2.75, 3.05) is 11.9 Å². The minimum Gasteiger partial charge on any atom is -0.333 e. The van der Waals surface area contributed by atoms with Gasteiger partial charge in [0.05, 0.1) is 10.7 Å². The molecule has 0 saturated carbocycles. The van der Waals surface area contributed by atoms with Crippen molar-refractivity contribution >= 4 is 23.2 Å². The second-order valence-electron chi connectivity index (χ2n) is 5.63. The number of hydrogen-bond donors (Lipinski definition) is 2. The van der Waals surface area contributed by atoms with Crippen molar-refractivity contribution in [3.8, 4) is 0 Å². The number of amides is 1. The van der Waals surface area contributed by atoms with Crippen LogP contribution in [0.15, 0.2) is 42.5 Å². The predicted molar refractivity (Wildman–Crippen MR) is 91.2 cm³/mol. The Kier molecular flexibility index (Phi) is 5.58. The summed E-state index contributed by atoms with van der Waals surface area (Å²) < 4.78 is 0. The molecule has 0 aliphatic rings. The van der Waals surface area contributed by atoms with Crippen LogP contribution in [0, 0.1) is 13.8 Å². The number of quaternary nitrogens is 1. The number of nitrogens with one attached hydrogen (secondary N) is 1. The Bertz CT molecular complexity index is 632. The molecule has 0 aliphatic heterocycles. The van der Waals surface area contributed by atoms with E-state index in [-0.39, 0.29) is 11.9 Å². The van der Waals surface area contributed by atoms with Crippen molar-refractivity contribution in [2.45, 2.75) is 26.8 Å². The molecule has 22 heavy (non-hydrogen) atoms. The van der Waals surface area contributed by atoms with E-state index in [0.717, 1.165) is 11.1 Å². The lowest BCUT2D eigenvalue weighted by molar-refractivity contribution is -0.682. The van der Waals surface area contributed by atoms with E-state index in [1.165, 1.54) is 5.56 Å². The maximum Gasteiger partial charge on any atom is 0.279 e. The van der Waals surface area contributed by atoms with Crippen molar-refractivity contribution in [3.63, 3.8) is 0 Å². The van der Waals surface area contributed by atoms with E-state index in [1.54, 1.807) is 0 Å². The van der Waals surface area contributed by atoms with E-state index in [1.807, 2.05) is 49.5 Å². The normalized spacial score (nSPS) is 12.0. The molecule has 1 amide bonds. The fraction of sp³-hybridized carbons (Fsp3) is 0.278. The fourth-order valence-corrected chi connectivity index (χ4v) is 2.81. The molecule has 0 aromatic heterocycles. The second-order valence-corrected chi connectivity index (χ2v) is 6.03. The topological polar surface area (TPSA) is 45.7 Å². The Morgan fingerprint density at radius 2 is 1.91 bits per heavy atom. The zero-order valence-corrected chi connectivity index (χ0v) is 13.9. The van der Waals surface area contributed by atoms with E-state index >= 15 is 0 Å². The summed E-state index contributed by atoms with van der Waals surface area (Å²) in [5, 5.41) is 5.51. The van der Waals surface area contributed by atoms with Gasteiger partial charge >= 0.3 is 0 Å². The first-order chi connectivity index (χ1) is 10.5. The molecule has 0 bridgehead atoms. The molecular formula is C18H22ClN2O+. The first kappa shape index (κ1) is 16.5. The molecule has 3 nitrogen and oxygen atoms in total. The highest BCUT2D eigenvalue weighted by Gasteiger charge is 2.13. The Hall–Kier alpha value is -1.84. The van der Waals surface area contributed by atoms with Crippen molar-refractivity contribution in [1.82, 2.24) is 0 Å². The first-order valence-electron chi connectivity index (χ1n) is 7.42. The molecule has 4 heteroatoms. The molecule has 2 rings (SSSR count). The average Bonchev–Trinajstić information content (AvgIpc) is 2.49. The van der Waals surface area contributed by atoms with E-state index < -0.39 is 0 Å².